The molecule has 2 aromatic rings. The van der Waals surface area contributed by atoms with E-state index in [4.69, 9.17) is 5.11 Å². The molecule has 14 heteroatoms. The number of carbonyl (C=O) groups excluding carboxylic acids is 2. The van der Waals surface area contributed by atoms with E-state index in [-0.39, 0.29) is 42.3 Å². The van der Waals surface area contributed by atoms with Crippen molar-refractivity contribution in [2.45, 2.75) is 55.5 Å². The van der Waals surface area contributed by atoms with Gasteiger partial charge >= 0.3 is 6.09 Å². The van der Waals surface area contributed by atoms with Crippen molar-refractivity contribution in [1.29, 1.82) is 0 Å². The minimum atomic E-state index is -4.16. The van der Waals surface area contributed by atoms with Gasteiger partial charge in [0, 0.05) is 38.8 Å². The van der Waals surface area contributed by atoms with E-state index in [1.807, 2.05) is 12.1 Å². The first-order valence-electron chi connectivity index (χ1n) is 14.1. The van der Waals surface area contributed by atoms with Crippen LogP contribution in [0.2, 0.25) is 0 Å². The molecular weight excluding hydrogens is 564 g/mol. The highest BCUT2D eigenvalue weighted by Gasteiger charge is 2.36. The number of carbonyl (C=O) groups is 3. The van der Waals surface area contributed by atoms with Gasteiger partial charge in [-0.05, 0) is 60.9 Å². The van der Waals surface area contributed by atoms with Crippen molar-refractivity contribution in [3.63, 3.8) is 0 Å². The zero-order valence-electron chi connectivity index (χ0n) is 23.3. The zero-order chi connectivity index (χ0) is 30.1. The highest BCUT2D eigenvalue weighted by molar-refractivity contribution is 7.89. The fourth-order valence-electron chi connectivity index (χ4n) is 5.06. The molecule has 1 saturated heterocycles. The summed E-state index contributed by atoms with van der Waals surface area (Å²) in [5.74, 6) is -0.971. The molecule has 5 N–H and O–H groups in total. The maximum atomic E-state index is 13.4. The standard InChI is InChI=1S/C28H38N6O7S/c35-14-4-13-34(23-9-10-23)26(36)16-25(32-42(40,41)24-11-8-21-6-1-2-7-22(21)15-24)27(37)29-17-20-5-3-12-33(18-20)31-19-30-28(38)39/h1-2,6-8,11,15,19-20,23,25,32,35H,3-5,9-10,12-14,16-18H2,(H,29,37)(H,30,31)(H,38,39)/t20-,25-/m0/s1. The number of aliphatic hydroxyl groups excluding tert-OH is 1. The Balaban J connectivity index is 1.46. The van der Waals surface area contributed by atoms with Crippen molar-refractivity contribution in [3.8, 4) is 0 Å². The normalized spacial score (nSPS) is 18.1. The average Bonchev–Trinajstić information content (AvgIpc) is 3.81. The van der Waals surface area contributed by atoms with Gasteiger partial charge in [0.05, 0.1) is 11.3 Å². The molecule has 2 fully saturated rings. The van der Waals surface area contributed by atoms with Crippen LogP contribution in [0.4, 0.5) is 4.79 Å². The van der Waals surface area contributed by atoms with Crippen LogP contribution < -0.4 is 15.4 Å². The molecular formula is C28H38N6O7S. The van der Waals surface area contributed by atoms with E-state index in [1.165, 1.54) is 12.1 Å². The second kappa shape index (κ2) is 14.4. The average molecular weight is 603 g/mol. The third-order valence-corrected chi connectivity index (χ3v) is 8.83. The minimum absolute atomic E-state index is 0.00867. The molecule has 0 aromatic heterocycles. The van der Waals surface area contributed by atoms with E-state index in [0.29, 0.717) is 26.1 Å². The van der Waals surface area contributed by atoms with Gasteiger partial charge in [0.25, 0.3) is 0 Å². The fourth-order valence-corrected chi connectivity index (χ4v) is 6.29. The molecule has 1 saturated carbocycles. The van der Waals surface area contributed by atoms with Crippen LogP contribution in [-0.4, -0.2) is 97.7 Å². The quantitative estimate of drug-likeness (QED) is 0.158. The Morgan fingerprint density at radius 3 is 2.60 bits per heavy atom. The van der Waals surface area contributed by atoms with Gasteiger partial charge < -0.3 is 20.4 Å². The van der Waals surface area contributed by atoms with Crippen molar-refractivity contribution in [3.05, 3.63) is 42.5 Å². The van der Waals surface area contributed by atoms with Crippen LogP contribution in [0.5, 0.6) is 0 Å². The monoisotopic (exact) mass is 602 g/mol. The van der Waals surface area contributed by atoms with Crippen LogP contribution >= 0.6 is 0 Å². The Hall–Kier alpha value is -3.75. The Morgan fingerprint density at radius 1 is 1.12 bits per heavy atom. The zero-order valence-corrected chi connectivity index (χ0v) is 24.1. The molecule has 0 bridgehead atoms. The van der Waals surface area contributed by atoms with Gasteiger partial charge in [-0.15, -0.1) is 0 Å². The molecule has 13 nitrogen and oxygen atoms in total. The van der Waals surface area contributed by atoms with Gasteiger partial charge in [-0.1, -0.05) is 30.3 Å². The number of nitrogens with zero attached hydrogens (tertiary/aromatic N) is 3. The van der Waals surface area contributed by atoms with Crippen LogP contribution in [0.1, 0.15) is 38.5 Å². The van der Waals surface area contributed by atoms with Crippen LogP contribution in [0.15, 0.2) is 52.5 Å². The fraction of sp³-hybridized carbons (Fsp3) is 0.500. The smallest absolute Gasteiger partial charge is 0.409 e. The number of carboxylic acid groups (broad SMARTS) is 1. The largest absolute Gasteiger partial charge is 0.465 e. The number of hydrogen-bond donors (Lipinski definition) is 5. The summed E-state index contributed by atoms with van der Waals surface area (Å²) in [5, 5.41) is 30.3. The maximum absolute atomic E-state index is 13.4. The summed E-state index contributed by atoms with van der Waals surface area (Å²) in [7, 11) is -4.16. The second-order valence-corrected chi connectivity index (χ2v) is 12.4. The van der Waals surface area contributed by atoms with Gasteiger partial charge in [-0.3, -0.25) is 19.9 Å². The van der Waals surface area contributed by atoms with E-state index in [0.717, 1.165) is 42.8 Å². The molecule has 2 aliphatic rings. The topological polar surface area (TPSA) is 181 Å². The van der Waals surface area contributed by atoms with Gasteiger partial charge in [0.15, 0.2) is 0 Å². The van der Waals surface area contributed by atoms with E-state index >= 15 is 0 Å². The van der Waals surface area contributed by atoms with Crippen LogP contribution in [0.25, 0.3) is 10.8 Å². The number of rotatable bonds is 14. The molecule has 0 unspecified atom stereocenters. The maximum Gasteiger partial charge on any atom is 0.409 e. The molecule has 1 heterocycles. The number of benzene rings is 2. The van der Waals surface area contributed by atoms with Gasteiger partial charge in [-0.25, -0.2) is 13.2 Å². The minimum Gasteiger partial charge on any atom is -0.465 e. The van der Waals surface area contributed by atoms with E-state index in [2.05, 4.69) is 20.5 Å². The molecule has 228 valence electrons. The Bertz CT molecular complexity index is 1400. The van der Waals surface area contributed by atoms with E-state index in [1.54, 1.807) is 28.1 Å². The molecule has 1 aliphatic carbocycles. The summed E-state index contributed by atoms with van der Waals surface area (Å²) < 4.78 is 29.4. The number of fused-ring (bicyclic) bond motifs is 1. The molecule has 1 aliphatic heterocycles. The van der Waals surface area contributed by atoms with Gasteiger partial charge in [0.2, 0.25) is 21.8 Å². The summed E-state index contributed by atoms with van der Waals surface area (Å²) >= 11 is 0. The van der Waals surface area contributed by atoms with E-state index < -0.39 is 28.1 Å². The summed E-state index contributed by atoms with van der Waals surface area (Å²) in [4.78, 5) is 39.0. The summed E-state index contributed by atoms with van der Waals surface area (Å²) in [6.45, 7) is 1.60. The lowest BCUT2D eigenvalue weighted by molar-refractivity contribution is -0.135. The van der Waals surface area contributed by atoms with Crippen LogP contribution in [0, 0.1) is 5.92 Å². The number of sulfonamides is 1. The predicted octanol–water partition coefficient (Wildman–Crippen LogP) is 1.29. The lowest BCUT2D eigenvalue weighted by Crippen LogP contribution is -2.51. The summed E-state index contributed by atoms with van der Waals surface area (Å²) in [6.07, 6.45) is 3.15. The molecule has 2 atom stereocenters. The molecule has 3 amide bonds. The highest BCUT2D eigenvalue weighted by atomic mass is 32.2. The van der Waals surface area contributed by atoms with Crippen molar-refractivity contribution >= 4 is 45.0 Å². The molecule has 2 aromatic carbocycles. The number of aliphatic hydroxyl groups is 1. The number of amides is 3. The molecule has 0 radical (unpaired) electrons. The third kappa shape index (κ3) is 8.87. The summed E-state index contributed by atoms with van der Waals surface area (Å²) in [6, 6.07) is 10.7. The molecule has 0 spiro atoms. The Labute approximate surface area is 245 Å². The second-order valence-electron chi connectivity index (χ2n) is 10.6. The number of hydrogen-bond acceptors (Lipinski definition) is 8. The number of piperidine rings is 1. The van der Waals surface area contributed by atoms with Crippen molar-refractivity contribution < 1.29 is 33.0 Å². The van der Waals surface area contributed by atoms with Gasteiger partial charge in [0.1, 0.15) is 12.4 Å². The Morgan fingerprint density at radius 2 is 1.88 bits per heavy atom. The lowest BCUT2D eigenvalue weighted by atomic mass is 9.99. The molecule has 42 heavy (non-hydrogen) atoms. The van der Waals surface area contributed by atoms with Gasteiger partial charge in [-0.2, -0.15) is 9.82 Å². The van der Waals surface area contributed by atoms with Crippen molar-refractivity contribution in [2.24, 2.45) is 11.0 Å². The SMILES string of the molecule is O=C(O)N/C=N/N1CCC[C@@H](CNC(=O)[C@H](CC(=O)N(CCCO)C2CC2)NS(=O)(=O)c2ccc3ccccc3c2)C1. The Kier molecular flexibility index (Phi) is 10.7. The number of hydrazone groups is 1. The van der Waals surface area contributed by atoms with Crippen molar-refractivity contribution in [2.75, 3.05) is 32.8 Å². The first-order valence-corrected chi connectivity index (χ1v) is 15.6. The predicted molar refractivity (Wildman–Crippen MR) is 156 cm³/mol. The highest BCUT2D eigenvalue weighted by Crippen LogP contribution is 2.28. The van der Waals surface area contributed by atoms with E-state index in [9.17, 15) is 27.9 Å². The third-order valence-electron chi connectivity index (χ3n) is 7.36. The first kappa shape index (κ1) is 31.2. The summed E-state index contributed by atoms with van der Waals surface area (Å²) in [5.41, 5.74) is 0. The number of nitrogens with one attached hydrogen (secondary N) is 3. The van der Waals surface area contributed by atoms with Crippen LogP contribution in [-0.2, 0) is 19.6 Å². The lowest BCUT2D eigenvalue weighted by Gasteiger charge is -2.31. The van der Waals surface area contributed by atoms with Crippen LogP contribution in [0.3, 0.4) is 0 Å². The first-order chi connectivity index (χ1) is 20.2. The van der Waals surface area contributed by atoms with Crippen molar-refractivity contribution in [1.82, 2.24) is 25.3 Å². The molecule has 4 rings (SSSR count).